The lowest BCUT2D eigenvalue weighted by Gasteiger charge is -2.06. The summed E-state index contributed by atoms with van der Waals surface area (Å²) in [5.74, 6) is -0.0388. The number of pyridine rings is 1. The Morgan fingerprint density at radius 2 is 1.71 bits per heavy atom. The zero-order valence-corrected chi connectivity index (χ0v) is 16.1. The highest BCUT2D eigenvalue weighted by molar-refractivity contribution is 6.09. The Labute approximate surface area is 175 Å². The molecule has 0 saturated heterocycles. The molecule has 0 aliphatic heterocycles. The molecule has 0 aliphatic rings. The van der Waals surface area contributed by atoms with E-state index in [0.717, 1.165) is 21.9 Å². The van der Waals surface area contributed by atoms with Gasteiger partial charge in [0.2, 0.25) is 5.82 Å². The Balaban J connectivity index is 1.49. The number of hydrogen-bond acceptors (Lipinski definition) is 5. The van der Waals surface area contributed by atoms with Crippen LogP contribution in [-0.2, 0) is 0 Å². The first-order chi connectivity index (χ1) is 15.3. The molecule has 0 unspecified atom stereocenters. The Kier molecular flexibility index (Phi) is 3.86. The van der Waals surface area contributed by atoms with Gasteiger partial charge in [-0.05, 0) is 41.1 Å². The third-order valence-corrected chi connectivity index (χ3v) is 5.14. The molecule has 0 amide bonds. The van der Waals surface area contributed by atoms with Gasteiger partial charge >= 0.3 is 0 Å². The van der Waals surface area contributed by atoms with Crippen molar-refractivity contribution in [3.8, 4) is 28.3 Å². The average molecular weight is 407 g/mol. The standard InChI is InChI=1S/C24H14FN5O/c25-16-12-15(18-7-5-8-20-19-6-1-2-10-22(19)31-23(18)20)13-17(14-16)30-28-24(27-29-30)21-9-3-4-11-26-21/h1-14H. The van der Waals surface area contributed by atoms with E-state index >= 15 is 0 Å². The van der Waals surface area contributed by atoms with Crippen LogP contribution in [0.4, 0.5) is 4.39 Å². The zero-order chi connectivity index (χ0) is 20.8. The minimum absolute atomic E-state index is 0.366. The van der Waals surface area contributed by atoms with E-state index in [1.54, 1.807) is 12.3 Å². The van der Waals surface area contributed by atoms with Gasteiger partial charge < -0.3 is 4.42 Å². The van der Waals surface area contributed by atoms with Crippen LogP contribution in [0.2, 0.25) is 0 Å². The number of halogens is 1. The molecular formula is C24H14FN5O. The van der Waals surface area contributed by atoms with Crippen molar-refractivity contribution >= 4 is 21.9 Å². The summed E-state index contributed by atoms with van der Waals surface area (Å²) in [5.41, 5.74) is 4.01. The van der Waals surface area contributed by atoms with Crippen LogP contribution in [0.1, 0.15) is 0 Å². The summed E-state index contributed by atoms with van der Waals surface area (Å²) in [5, 5.41) is 14.5. The zero-order valence-electron chi connectivity index (χ0n) is 16.1. The lowest BCUT2D eigenvalue weighted by Crippen LogP contribution is -2.00. The lowest BCUT2D eigenvalue weighted by atomic mass is 10.0. The molecule has 7 heteroatoms. The van der Waals surface area contributed by atoms with E-state index in [2.05, 4.69) is 20.4 Å². The number of para-hydroxylation sites is 2. The monoisotopic (exact) mass is 407 g/mol. The highest BCUT2D eigenvalue weighted by atomic mass is 19.1. The van der Waals surface area contributed by atoms with Crippen LogP contribution in [0.5, 0.6) is 0 Å². The van der Waals surface area contributed by atoms with Crippen molar-refractivity contribution < 1.29 is 8.81 Å². The van der Waals surface area contributed by atoms with E-state index in [-0.39, 0.29) is 0 Å². The van der Waals surface area contributed by atoms with Gasteiger partial charge in [0.1, 0.15) is 22.7 Å². The maximum Gasteiger partial charge on any atom is 0.223 e. The van der Waals surface area contributed by atoms with Crippen molar-refractivity contribution in [2.75, 3.05) is 0 Å². The third-order valence-electron chi connectivity index (χ3n) is 5.14. The topological polar surface area (TPSA) is 69.6 Å². The SMILES string of the molecule is Fc1cc(-c2cccc3c2oc2ccccc23)cc(-n2nnc(-c3ccccn3)n2)c1. The lowest BCUT2D eigenvalue weighted by molar-refractivity contribution is 0.621. The number of furan rings is 1. The molecule has 0 bridgehead atoms. The van der Waals surface area contributed by atoms with Crippen molar-refractivity contribution in [2.45, 2.75) is 0 Å². The van der Waals surface area contributed by atoms with Gasteiger partial charge in [-0.2, -0.15) is 0 Å². The highest BCUT2D eigenvalue weighted by Crippen LogP contribution is 2.36. The van der Waals surface area contributed by atoms with Crippen molar-refractivity contribution in [1.82, 2.24) is 25.2 Å². The maximum absolute atomic E-state index is 14.6. The van der Waals surface area contributed by atoms with Gasteiger partial charge in [0.25, 0.3) is 0 Å². The summed E-state index contributed by atoms with van der Waals surface area (Å²) < 4.78 is 20.7. The number of rotatable bonds is 3. The molecule has 0 aliphatic carbocycles. The quantitative estimate of drug-likeness (QED) is 0.391. The van der Waals surface area contributed by atoms with E-state index in [1.807, 2.05) is 60.7 Å². The van der Waals surface area contributed by atoms with Crippen LogP contribution in [0.15, 0.2) is 89.5 Å². The minimum atomic E-state index is -0.405. The molecule has 0 spiro atoms. The average Bonchev–Trinajstić information content (AvgIpc) is 3.44. The number of nitrogens with zero attached hydrogens (tertiary/aromatic N) is 5. The van der Waals surface area contributed by atoms with Crippen LogP contribution in [0.3, 0.4) is 0 Å². The molecule has 0 radical (unpaired) electrons. The number of fused-ring (bicyclic) bond motifs is 3. The predicted molar refractivity (Wildman–Crippen MR) is 115 cm³/mol. The number of benzene rings is 3. The summed E-state index contributed by atoms with van der Waals surface area (Å²) in [6, 6.07) is 23.8. The van der Waals surface area contributed by atoms with E-state index in [4.69, 9.17) is 4.42 Å². The maximum atomic E-state index is 14.6. The van der Waals surface area contributed by atoms with E-state index in [0.29, 0.717) is 28.4 Å². The van der Waals surface area contributed by atoms with Crippen LogP contribution < -0.4 is 0 Å². The Bertz CT molecular complexity index is 1550. The summed E-state index contributed by atoms with van der Waals surface area (Å²) in [4.78, 5) is 5.53. The van der Waals surface area contributed by atoms with Gasteiger partial charge in [-0.25, -0.2) is 4.39 Å². The fourth-order valence-electron chi connectivity index (χ4n) is 3.74. The van der Waals surface area contributed by atoms with Gasteiger partial charge in [-0.1, -0.05) is 42.5 Å². The molecule has 3 aromatic carbocycles. The Hall–Kier alpha value is -4.39. The normalized spacial score (nSPS) is 11.4. The molecule has 0 fully saturated rings. The Morgan fingerprint density at radius 3 is 2.61 bits per heavy atom. The van der Waals surface area contributed by atoms with Gasteiger partial charge in [0.15, 0.2) is 0 Å². The number of hydrogen-bond donors (Lipinski definition) is 0. The molecule has 0 atom stereocenters. The van der Waals surface area contributed by atoms with Crippen LogP contribution in [-0.4, -0.2) is 25.2 Å². The summed E-state index contributed by atoms with van der Waals surface area (Å²) in [7, 11) is 0. The second-order valence-electron chi connectivity index (χ2n) is 7.10. The van der Waals surface area contributed by atoms with Gasteiger partial charge in [-0.15, -0.1) is 15.0 Å². The molecule has 3 aromatic heterocycles. The second kappa shape index (κ2) is 6.84. The van der Waals surface area contributed by atoms with Gasteiger partial charge in [0, 0.05) is 28.6 Å². The minimum Gasteiger partial charge on any atom is -0.455 e. The van der Waals surface area contributed by atoms with Crippen molar-refractivity contribution in [2.24, 2.45) is 0 Å². The molecule has 6 nitrogen and oxygen atoms in total. The molecule has 3 heterocycles. The number of aromatic nitrogens is 5. The molecular weight excluding hydrogens is 393 g/mol. The van der Waals surface area contributed by atoms with E-state index in [9.17, 15) is 4.39 Å². The fourth-order valence-corrected chi connectivity index (χ4v) is 3.74. The third kappa shape index (κ3) is 2.95. The van der Waals surface area contributed by atoms with Crippen LogP contribution >= 0.6 is 0 Å². The Morgan fingerprint density at radius 1 is 0.839 bits per heavy atom. The highest BCUT2D eigenvalue weighted by Gasteiger charge is 2.15. The second-order valence-corrected chi connectivity index (χ2v) is 7.10. The van der Waals surface area contributed by atoms with E-state index in [1.165, 1.54) is 16.9 Å². The first-order valence-corrected chi connectivity index (χ1v) is 9.69. The van der Waals surface area contributed by atoms with Crippen molar-refractivity contribution in [3.05, 3.63) is 90.9 Å². The molecule has 6 aromatic rings. The summed E-state index contributed by atoms with van der Waals surface area (Å²) in [6.45, 7) is 0. The molecule has 31 heavy (non-hydrogen) atoms. The van der Waals surface area contributed by atoms with Crippen LogP contribution in [0, 0.1) is 5.82 Å². The molecule has 6 rings (SSSR count). The van der Waals surface area contributed by atoms with Crippen molar-refractivity contribution in [1.29, 1.82) is 0 Å². The summed E-state index contributed by atoms with van der Waals surface area (Å²) >= 11 is 0. The van der Waals surface area contributed by atoms with Crippen molar-refractivity contribution in [3.63, 3.8) is 0 Å². The first-order valence-electron chi connectivity index (χ1n) is 9.69. The molecule has 0 saturated carbocycles. The van der Waals surface area contributed by atoms with Gasteiger partial charge in [-0.3, -0.25) is 4.98 Å². The van der Waals surface area contributed by atoms with Crippen LogP contribution in [0.25, 0.3) is 50.3 Å². The number of tetrazole rings is 1. The van der Waals surface area contributed by atoms with Gasteiger partial charge in [0.05, 0.1) is 5.69 Å². The fraction of sp³-hybridized carbons (Fsp3) is 0. The first kappa shape index (κ1) is 17.5. The summed E-state index contributed by atoms with van der Waals surface area (Å²) in [6.07, 6.45) is 1.66. The molecule has 148 valence electrons. The predicted octanol–water partition coefficient (Wildman–Crippen LogP) is 5.43. The smallest absolute Gasteiger partial charge is 0.223 e. The van der Waals surface area contributed by atoms with E-state index < -0.39 is 5.82 Å². The largest absolute Gasteiger partial charge is 0.455 e. The molecule has 0 N–H and O–H groups in total.